The molecule has 2 unspecified atom stereocenters. The van der Waals surface area contributed by atoms with Crippen molar-refractivity contribution in [2.45, 2.75) is 72.1 Å². The smallest absolute Gasteiger partial charge is 0.306 e. The molecule has 1 aromatic heterocycles. The van der Waals surface area contributed by atoms with Gasteiger partial charge in [0.05, 0.1) is 11.7 Å². The van der Waals surface area contributed by atoms with Crippen LogP contribution >= 0.6 is 0 Å². The zero-order chi connectivity index (χ0) is 24.7. The molecule has 1 aromatic carbocycles. The highest BCUT2D eigenvalue weighted by atomic mass is 16.6. The summed E-state index contributed by atoms with van der Waals surface area (Å²) in [7, 11) is 0. The first-order valence-corrected chi connectivity index (χ1v) is 11.0. The van der Waals surface area contributed by atoms with E-state index in [0.29, 0.717) is 17.1 Å². The van der Waals surface area contributed by atoms with Crippen molar-refractivity contribution in [3.05, 3.63) is 46.5 Å². The van der Waals surface area contributed by atoms with Gasteiger partial charge in [-0.25, -0.2) is 4.98 Å². The first-order valence-electron chi connectivity index (χ1n) is 11.0. The van der Waals surface area contributed by atoms with E-state index in [1.54, 1.807) is 26.8 Å². The van der Waals surface area contributed by atoms with Gasteiger partial charge in [0.2, 0.25) is 5.91 Å². The molecule has 3 rings (SSSR count). The number of nitrogen functional groups attached to an aromatic ring is 1. The summed E-state index contributed by atoms with van der Waals surface area (Å²) in [5, 5.41) is 0. The van der Waals surface area contributed by atoms with E-state index in [1.165, 1.54) is 4.90 Å². The molecule has 0 spiro atoms. The third kappa shape index (κ3) is 4.99. The maximum atomic E-state index is 13.2. The largest absolute Gasteiger partial charge is 0.460 e. The second-order valence-electron chi connectivity index (χ2n) is 9.57. The monoisotopic (exact) mass is 452 g/mol. The van der Waals surface area contributed by atoms with Crippen LogP contribution in [0.25, 0.3) is 11.3 Å². The Balaban J connectivity index is 1.88. The summed E-state index contributed by atoms with van der Waals surface area (Å²) in [6.07, 6.45) is 0.0746. The maximum Gasteiger partial charge on any atom is 0.306 e. The van der Waals surface area contributed by atoms with Crippen molar-refractivity contribution in [2.75, 3.05) is 5.73 Å². The van der Waals surface area contributed by atoms with Crippen molar-refractivity contribution in [3.63, 3.8) is 0 Å². The molecule has 0 aliphatic carbocycles. The summed E-state index contributed by atoms with van der Waals surface area (Å²) in [5.74, 6) is -0.918. The Hall–Kier alpha value is -3.42. The Kier molecular flexibility index (Phi) is 6.49. The fourth-order valence-electron chi connectivity index (χ4n) is 4.11. The molecule has 176 valence electrons. The van der Waals surface area contributed by atoms with Crippen LogP contribution in [0, 0.1) is 13.8 Å². The lowest BCUT2D eigenvalue weighted by Crippen LogP contribution is -2.46. The van der Waals surface area contributed by atoms with Crippen molar-refractivity contribution in [1.82, 2.24) is 9.88 Å². The molecule has 8 nitrogen and oxygen atoms in total. The molecule has 2 heterocycles. The predicted molar refractivity (Wildman–Crippen MR) is 126 cm³/mol. The Morgan fingerprint density at radius 1 is 1.21 bits per heavy atom. The van der Waals surface area contributed by atoms with E-state index in [-0.39, 0.29) is 18.7 Å². The quantitative estimate of drug-likeness (QED) is 0.646. The van der Waals surface area contributed by atoms with Crippen molar-refractivity contribution in [1.29, 1.82) is 0 Å². The van der Waals surface area contributed by atoms with Gasteiger partial charge < -0.3 is 21.1 Å². The molecule has 4 N–H and O–H groups in total. The van der Waals surface area contributed by atoms with Gasteiger partial charge >= 0.3 is 5.97 Å². The second kappa shape index (κ2) is 8.84. The number of pyridine rings is 1. The van der Waals surface area contributed by atoms with Crippen LogP contribution in [0.5, 0.6) is 0 Å². The minimum absolute atomic E-state index is 0.0190. The van der Waals surface area contributed by atoms with Gasteiger partial charge in [-0.3, -0.25) is 14.4 Å². The highest BCUT2D eigenvalue weighted by Crippen LogP contribution is 2.38. The number of carbonyl (C=O) groups excluding carboxylic acids is 3. The fourth-order valence-corrected chi connectivity index (χ4v) is 4.11. The number of hydrogen-bond acceptors (Lipinski definition) is 6. The molecule has 2 aromatic rings. The van der Waals surface area contributed by atoms with Crippen LogP contribution in [-0.4, -0.2) is 39.3 Å². The number of esters is 1. The number of aryl methyl sites for hydroxylation is 1. The van der Waals surface area contributed by atoms with E-state index in [9.17, 15) is 14.4 Å². The van der Waals surface area contributed by atoms with Gasteiger partial charge in [-0.15, -0.1) is 0 Å². The number of anilines is 1. The summed E-state index contributed by atoms with van der Waals surface area (Å²) < 4.78 is 5.33. The maximum absolute atomic E-state index is 13.2. The van der Waals surface area contributed by atoms with Crippen LogP contribution in [0.15, 0.2) is 24.3 Å². The van der Waals surface area contributed by atoms with Crippen LogP contribution in [0.3, 0.4) is 0 Å². The van der Waals surface area contributed by atoms with Crippen molar-refractivity contribution in [3.8, 4) is 11.3 Å². The minimum atomic E-state index is -0.925. The third-order valence-electron chi connectivity index (χ3n) is 5.96. The number of hydrogen-bond donors (Lipinski definition) is 2. The van der Waals surface area contributed by atoms with Gasteiger partial charge in [0.25, 0.3) is 5.91 Å². The Labute approximate surface area is 194 Å². The van der Waals surface area contributed by atoms with Gasteiger partial charge in [0.1, 0.15) is 17.5 Å². The van der Waals surface area contributed by atoms with Gasteiger partial charge in [-0.05, 0) is 82.9 Å². The van der Waals surface area contributed by atoms with Crippen molar-refractivity contribution in [2.24, 2.45) is 5.73 Å². The van der Waals surface area contributed by atoms with E-state index in [1.807, 2.05) is 39.0 Å². The van der Waals surface area contributed by atoms with Gasteiger partial charge in [0, 0.05) is 17.5 Å². The summed E-state index contributed by atoms with van der Waals surface area (Å²) >= 11 is 0. The number of primary amides is 1. The molecule has 0 radical (unpaired) electrons. The zero-order valence-corrected chi connectivity index (χ0v) is 20.1. The molecular formula is C25H32N4O4. The molecule has 0 fully saturated rings. The Morgan fingerprint density at radius 3 is 2.45 bits per heavy atom. The lowest BCUT2D eigenvalue weighted by atomic mass is 9.99. The second-order valence-corrected chi connectivity index (χ2v) is 9.57. The zero-order valence-electron chi connectivity index (χ0n) is 20.1. The topological polar surface area (TPSA) is 129 Å². The van der Waals surface area contributed by atoms with Gasteiger partial charge in [0.15, 0.2) is 0 Å². The molecule has 0 saturated heterocycles. The van der Waals surface area contributed by atoms with E-state index in [2.05, 4.69) is 4.98 Å². The van der Waals surface area contributed by atoms with E-state index >= 15 is 0 Å². The highest BCUT2D eigenvalue weighted by molar-refractivity contribution is 6.02. The van der Waals surface area contributed by atoms with Gasteiger partial charge in [-0.1, -0.05) is 6.07 Å². The van der Waals surface area contributed by atoms with E-state index < -0.39 is 29.6 Å². The summed E-state index contributed by atoms with van der Waals surface area (Å²) in [5.41, 5.74) is 15.9. The number of benzene rings is 1. The summed E-state index contributed by atoms with van der Waals surface area (Å²) in [4.78, 5) is 43.6. The van der Waals surface area contributed by atoms with Crippen molar-refractivity contribution < 1.29 is 19.1 Å². The van der Waals surface area contributed by atoms with E-state index in [4.69, 9.17) is 16.2 Å². The third-order valence-corrected chi connectivity index (χ3v) is 5.96. The average Bonchev–Trinajstić information content (AvgIpc) is 2.95. The minimum Gasteiger partial charge on any atom is -0.460 e. The number of nitrogens with zero attached hydrogens (tertiary/aromatic N) is 2. The summed E-state index contributed by atoms with van der Waals surface area (Å²) in [6, 6.07) is 6.10. The molecule has 1 aliphatic rings. The number of nitrogens with two attached hydrogens (primary N) is 2. The first-order chi connectivity index (χ1) is 15.3. The van der Waals surface area contributed by atoms with Gasteiger partial charge in [-0.2, -0.15) is 0 Å². The number of carbonyl (C=O) groups is 3. The van der Waals surface area contributed by atoms with Crippen LogP contribution in [0.2, 0.25) is 0 Å². The molecular weight excluding hydrogens is 420 g/mol. The number of aromatic nitrogens is 1. The molecule has 33 heavy (non-hydrogen) atoms. The Morgan fingerprint density at radius 2 is 1.88 bits per heavy atom. The lowest BCUT2D eigenvalue weighted by molar-refractivity contribution is -0.155. The molecule has 0 bridgehead atoms. The molecule has 1 aliphatic heterocycles. The van der Waals surface area contributed by atoms with Crippen LogP contribution in [-0.2, 0) is 14.3 Å². The number of fused-ring (bicyclic) bond motifs is 1. The standard InChI is InChI=1S/C25H32N4O4/c1-13-11-19(28-22(26)14(13)2)16-7-8-17-18(12-16)15(3)29(24(17)32)20(23(27)31)9-10-21(30)33-25(4,5)6/h7-8,11-12,15,20H,9-10H2,1-6H3,(H2,26,28)(H2,27,31). The summed E-state index contributed by atoms with van der Waals surface area (Å²) in [6.45, 7) is 11.1. The van der Waals surface area contributed by atoms with E-state index in [0.717, 1.165) is 22.3 Å². The average molecular weight is 453 g/mol. The van der Waals surface area contributed by atoms with Crippen LogP contribution in [0.1, 0.15) is 73.6 Å². The van der Waals surface area contributed by atoms with Crippen molar-refractivity contribution >= 4 is 23.6 Å². The molecule has 2 amide bonds. The number of ether oxygens (including phenoxy) is 1. The fraction of sp³-hybridized carbons (Fsp3) is 0.440. The highest BCUT2D eigenvalue weighted by Gasteiger charge is 2.41. The molecule has 0 saturated carbocycles. The molecule has 8 heteroatoms. The lowest BCUT2D eigenvalue weighted by Gasteiger charge is -2.30. The molecule has 2 atom stereocenters. The predicted octanol–water partition coefficient (Wildman–Crippen LogP) is 3.44. The normalized spacial score (nSPS) is 16.5. The number of amides is 2. The number of rotatable bonds is 6. The Bertz CT molecular complexity index is 1100. The SMILES string of the molecule is Cc1cc(-c2ccc3c(c2)C(C)N(C(CCC(=O)OC(C)(C)C)C(N)=O)C3=O)nc(N)c1C. The van der Waals surface area contributed by atoms with Crippen LogP contribution in [0.4, 0.5) is 5.82 Å². The van der Waals surface area contributed by atoms with Crippen LogP contribution < -0.4 is 11.5 Å². The first kappa shape index (κ1) is 24.2.